The quantitative estimate of drug-likeness (QED) is 0.289. The summed E-state index contributed by atoms with van der Waals surface area (Å²) in [5.74, 6) is 0.744. The zero-order chi connectivity index (χ0) is 18.9. The molecule has 0 radical (unpaired) electrons. The summed E-state index contributed by atoms with van der Waals surface area (Å²) in [6.07, 6.45) is 0. The molecule has 0 unspecified atom stereocenters. The lowest BCUT2D eigenvalue weighted by Crippen LogP contribution is -2.42. The molecule has 0 atom stereocenters. The van der Waals surface area contributed by atoms with Gasteiger partial charge in [0, 0.05) is 39.3 Å². The molecular weight excluding hydrogens is 451 g/mol. The molecule has 2 N–H and O–H groups in total. The zero-order valence-electron chi connectivity index (χ0n) is 16.5. The number of nitrogens with zero attached hydrogens (tertiary/aromatic N) is 2. The Morgan fingerprint density at radius 3 is 2.30 bits per heavy atom. The Morgan fingerprint density at radius 2 is 1.67 bits per heavy atom. The molecule has 2 aromatic rings. The van der Waals surface area contributed by atoms with Gasteiger partial charge in [0.2, 0.25) is 0 Å². The molecule has 0 spiro atoms. The minimum atomic E-state index is -0.0569. The van der Waals surface area contributed by atoms with Crippen molar-refractivity contribution in [3.05, 3.63) is 70.8 Å². The first kappa shape index (κ1) is 23.0. The average Bonchev–Trinajstić information content (AvgIpc) is 2.63. The monoisotopic (exact) mass is 480 g/mol. The van der Waals surface area contributed by atoms with Gasteiger partial charge in [0.15, 0.2) is 5.96 Å². The maximum absolute atomic E-state index is 12.1. The largest absolute Gasteiger partial charge is 0.354 e. The highest BCUT2D eigenvalue weighted by molar-refractivity contribution is 14.0. The van der Waals surface area contributed by atoms with Crippen LogP contribution in [0.3, 0.4) is 0 Å². The van der Waals surface area contributed by atoms with Crippen molar-refractivity contribution in [3.63, 3.8) is 0 Å². The second kappa shape index (κ2) is 11.6. The summed E-state index contributed by atoms with van der Waals surface area (Å²) in [6.45, 7) is 5.98. The summed E-state index contributed by atoms with van der Waals surface area (Å²) in [5, 5.41) is 6.21. The van der Waals surface area contributed by atoms with Gasteiger partial charge in [-0.1, -0.05) is 47.5 Å². The van der Waals surface area contributed by atoms with Crippen molar-refractivity contribution in [1.82, 2.24) is 15.5 Å². The van der Waals surface area contributed by atoms with Crippen LogP contribution < -0.4 is 10.6 Å². The molecule has 2 aromatic carbocycles. The van der Waals surface area contributed by atoms with E-state index in [9.17, 15) is 4.79 Å². The van der Waals surface area contributed by atoms with Gasteiger partial charge in [0.1, 0.15) is 0 Å². The lowest BCUT2D eigenvalue weighted by atomic mass is 10.1. The molecule has 5 nitrogen and oxygen atoms in total. The van der Waals surface area contributed by atoms with Crippen molar-refractivity contribution < 1.29 is 4.79 Å². The first-order chi connectivity index (χ1) is 12.5. The van der Waals surface area contributed by atoms with Crippen LogP contribution in [-0.2, 0) is 6.54 Å². The van der Waals surface area contributed by atoms with Gasteiger partial charge in [-0.2, -0.15) is 0 Å². The van der Waals surface area contributed by atoms with Gasteiger partial charge in [-0.05, 0) is 31.5 Å². The van der Waals surface area contributed by atoms with Gasteiger partial charge in [0.05, 0.1) is 0 Å². The molecule has 0 bridgehead atoms. The number of amides is 1. The topological polar surface area (TPSA) is 56.7 Å². The second-order valence-corrected chi connectivity index (χ2v) is 6.44. The maximum atomic E-state index is 12.1. The van der Waals surface area contributed by atoms with Crippen molar-refractivity contribution in [3.8, 4) is 0 Å². The molecular formula is C21H29IN4O. The summed E-state index contributed by atoms with van der Waals surface area (Å²) >= 11 is 0. The van der Waals surface area contributed by atoms with Crippen molar-refractivity contribution in [2.75, 3.05) is 27.2 Å². The molecule has 0 aliphatic carbocycles. The number of hydrogen-bond donors (Lipinski definition) is 2. The predicted molar refractivity (Wildman–Crippen MR) is 123 cm³/mol. The highest BCUT2D eigenvalue weighted by Gasteiger charge is 2.07. The number of carbonyl (C=O) groups is 1. The van der Waals surface area contributed by atoms with Crippen LogP contribution in [0.1, 0.15) is 27.0 Å². The zero-order valence-corrected chi connectivity index (χ0v) is 18.8. The first-order valence-electron chi connectivity index (χ1n) is 8.82. The summed E-state index contributed by atoms with van der Waals surface area (Å²) in [5.41, 5.74) is 4.25. The van der Waals surface area contributed by atoms with E-state index < -0.39 is 0 Å². The van der Waals surface area contributed by atoms with Crippen LogP contribution in [0.5, 0.6) is 0 Å². The number of aliphatic imine (C=N–C) groups is 1. The summed E-state index contributed by atoms with van der Waals surface area (Å²) in [4.78, 5) is 18.5. The van der Waals surface area contributed by atoms with E-state index in [4.69, 9.17) is 0 Å². The van der Waals surface area contributed by atoms with E-state index in [1.807, 2.05) is 38.2 Å². The number of halogens is 1. The van der Waals surface area contributed by atoms with E-state index in [1.54, 1.807) is 7.05 Å². The summed E-state index contributed by atoms with van der Waals surface area (Å²) < 4.78 is 0. The summed E-state index contributed by atoms with van der Waals surface area (Å²) in [7, 11) is 3.76. The molecule has 2 rings (SSSR count). The van der Waals surface area contributed by atoms with Crippen molar-refractivity contribution in [2.45, 2.75) is 20.4 Å². The van der Waals surface area contributed by atoms with Crippen LogP contribution in [0.25, 0.3) is 0 Å². The van der Waals surface area contributed by atoms with Crippen LogP contribution in [-0.4, -0.2) is 44.0 Å². The van der Waals surface area contributed by atoms with Gasteiger partial charge in [0.25, 0.3) is 5.91 Å². The maximum Gasteiger partial charge on any atom is 0.251 e. The number of aryl methyl sites for hydroxylation is 2. The third-order valence-corrected chi connectivity index (χ3v) is 4.09. The lowest BCUT2D eigenvalue weighted by molar-refractivity contribution is 0.0954. The fourth-order valence-corrected chi connectivity index (χ4v) is 2.67. The molecule has 0 fully saturated rings. The minimum absolute atomic E-state index is 0. The van der Waals surface area contributed by atoms with Gasteiger partial charge < -0.3 is 15.5 Å². The first-order valence-corrected chi connectivity index (χ1v) is 8.82. The Bertz CT molecular complexity index is 759. The Hall–Kier alpha value is -2.09. The number of nitrogens with one attached hydrogen (secondary N) is 2. The van der Waals surface area contributed by atoms with E-state index >= 15 is 0 Å². The smallest absolute Gasteiger partial charge is 0.251 e. The fourth-order valence-electron chi connectivity index (χ4n) is 2.67. The highest BCUT2D eigenvalue weighted by Crippen LogP contribution is 2.06. The SMILES string of the molecule is CN=C(NCCNC(=O)c1cccc(C)c1)N(C)Cc1ccc(C)cc1.I. The minimum Gasteiger partial charge on any atom is -0.354 e. The van der Waals surface area contributed by atoms with E-state index in [0.717, 1.165) is 18.1 Å². The normalized spacial score (nSPS) is 10.7. The molecule has 0 heterocycles. The van der Waals surface area contributed by atoms with E-state index in [2.05, 4.69) is 51.7 Å². The van der Waals surface area contributed by atoms with Crippen LogP contribution >= 0.6 is 24.0 Å². The van der Waals surface area contributed by atoms with Crippen LogP contribution in [0.4, 0.5) is 0 Å². The van der Waals surface area contributed by atoms with Gasteiger partial charge in [-0.3, -0.25) is 9.79 Å². The molecule has 0 aromatic heterocycles. The molecule has 1 amide bonds. The third kappa shape index (κ3) is 7.58. The number of hydrogen-bond acceptors (Lipinski definition) is 2. The number of rotatable bonds is 6. The Balaban J connectivity index is 0.00000364. The second-order valence-electron chi connectivity index (χ2n) is 6.44. The van der Waals surface area contributed by atoms with Gasteiger partial charge in [-0.15, -0.1) is 24.0 Å². The molecule has 0 saturated heterocycles. The van der Waals surface area contributed by atoms with Gasteiger partial charge in [-0.25, -0.2) is 0 Å². The number of guanidine groups is 1. The van der Waals surface area contributed by atoms with E-state index in [-0.39, 0.29) is 29.9 Å². The number of benzene rings is 2. The third-order valence-electron chi connectivity index (χ3n) is 4.09. The van der Waals surface area contributed by atoms with E-state index in [0.29, 0.717) is 18.7 Å². The lowest BCUT2D eigenvalue weighted by Gasteiger charge is -2.22. The van der Waals surface area contributed by atoms with Gasteiger partial charge >= 0.3 is 0 Å². The van der Waals surface area contributed by atoms with Crippen LogP contribution in [0.2, 0.25) is 0 Å². The molecule has 0 saturated carbocycles. The van der Waals surface area contributed by atoms with Crippen molar-refractivity contribution in [2.24, 2.45) is 4.99 Å². The van der Waals surface area contributed by atoms with Crippen molar-refractivity contribution in [1.29, 1.82) is 0 Å². The highest BCUT2D eigenvalue weighted by atomic mass is 127. The Kier molecular flexibility index (Phi) is 9.85. The molecule has 6 heteroatoms. The van der Waals surface area contributed by atoms with E-state index in [1.165, 1.54) is 11.1 Å². The Morgan fingerprint density at radius 1 is 1.00 bits per heavy atom. The molecule has 0 aliphatic rings. The summed E-state index contributed by atoms with van der Waals surface area (Å²) in [6, 6.07) is 16.1. The average molecular weight is 480 g/mol. The van der Waals surface area contributed by atoms with Crippen LogP contribution in [0, 0.1) is 13.8 Å². The fraction of sp³-hybridized carbons (Fsp3) is 0.333. The van der Waals surface area contributed by atoms with Crippen molar-refractivity contribution >= 4 is 35.8 Å². The van der Waals surface area contributed by atoms with Crippen LogP contribution in [0.15, 0.2) is 53.5 Å². The molecule has 27 heavy (non-hydrogen) atoms. The molecule has 146 valence electrons. The molecule has 0 aliphatic heterocycles. The predicted octanol–water partition coefficient (Wildman–Crippen LogP) is 3.36. The standard InChI is InChI=1S/C21H28N4O.HI/c1-16-8-10-18(11-9-16)15-25(4)21(22-3)24-13-12-23-20(26)19-7-5-6-17(2)14-19;/h5-11,14H,12-13,15H2,1-4H3,(H,22,24)(H,23,26);1H. The number of carbonyl (C=O) groups excluding carboxylic acids is 1. The Labute approximate surface area is 179 Å².